The fourth-order valence-electron chi connectivity index (χ4n) is 1.74. The molecule has 0 aromatic heterocycles. The quantitative estimate of drug-likeness (QED) is 0.767. The summed E-state index contributed by atoms with van der Waals surface area (Å²) in [5.41, 5.74) is 1.13. The van der Waals surface area contributed by atoms with Crippen LogP contribution in [0.3, 0.4) is 0 Å². The van der Waals surface area contributed by atoms with E-state index in [-0.39, 0.29) is 0 Å². The van der Waals surface area contributed by atoms with Gasteiger partial charge in [-0.1, -0.05) is 42.5 Å². The molecule has 0 aliphatic carbocycles. The summed E-state index contributed by atoms with van der Waals surface area (Å²) in [7, 11) is 0. The van der Waals surface area contributed by atoms with Gasteiger partial charge in [-0.15, -0.1) is 0 Å². The Morgan fingerprint density at radius 2 is 1.81 bits per heavy atom. The number of fused-ring (bicyclic) bond motifs is 1. The van der Waals surface area contributed by atoms with Crippen LogP contribution in [0.25, 0.3) is 16.8 Å². The maximum Gasteiger partial charge on any atom is 0.123 e. The van der Waals surface area contributed by atoms with E-state index in [2.05, 4.69) is 24.8 Å². The minimum Gasteiger partial charge on any atom is -0.507 e. The molecule has 2 heteroatoms. The normalized spacial score (nSPS) is 11.3. The van der Waals surface area contributed by atoms with Crippen molar-refractivity contribution in [2.24, 2.45) is 0 Å². The molecule has 0 aliphatic heterocycles. The van der Waals surface area contributed by atoms with Gasteiger partial charge in [-0.25, -0.2) is 0 Å². The first-order valence-electron chi connectivity index (χ1n) is 5.31. The maximum absolute atomic E-state index is 9.73. The molecular formula is C14H14OS. The number of phenols is 1. The monoisotopic (exact) mass is 230 g/mol. The lowest BCUT2D eigenvalue weighted by atomic mass is 10.0. The Hall–Kier alpha value is -1.41. The second kappa shape index (κ2) is 5.08. The molecule has 1 N–H and O–H groups in total. The van der Waals surface area contributed by atoms with Crippen LogP contribution in [0, 0.1) is 0 Å². The van der Waals surface area contributed by atoms with Crippen molar-refractivity contribution in [3.63, 3.8) is 0 Å². The Morgan fingerprint density at radius 3 is 2.56 bits per heavy atom. The van der Waals surface area contributed by atoms with Crippen molar-refractivity contribution in [3.8, 4) is 5.75 Å². The van der Waals surface area contributed by atoms with Crippen LogP contribution in [0.4, 0.5) is 0 Å². The van der Waals surface area contributed by atoms with Gasteiger partial charge in [-0.05, 0) is 29.2 Å². The average Bonchev–Trinajstić information content (AvgIpc) is 2.33. The molecule has 82 valence electrons. The van der Waals surface area contributed by atoms with Crippen molar-refractivity contribution >= 4 is 29.5 Å². The highest BCUT2D eigenvalue weighted by Crippen LogP contribution is 2.28. The van der Waals surface area contributed by atoms with Crippen molar-refractivity contribution in [2.45, 2.75) is 6.42 Å². The van der Waals surface area contributed by atoms with Crippen LogP contribution in [0.5, 0.6) is 5.75 Å². The Balaban J connectivity index is 2.50. The molecule has 0 spiro atoms. The summed E-state index contributed by atoms with van der Waals surface area (Å²) in [6.07, 6.45) is 5.14. The molecule has 0 saturated heterocycles. The zero-order valence-corrected chi connectivity index (χ0v) is 9.82. The molecule has 0 heterocycles. The van der Waals surface area contributed by atoms with Crippen molar-refractivity contribution in [1.29, 1.82) is 0 Å². The molecule has 0 bridgehead atoms. The summed E-state index contributed by atoms with van der Waals surface area (Å²) in [5.74, 6) is 1.19. The molecule has 0 amide bonds. The third kappa shape index (κ3) is 2.22. The molecular weight excluding hydrogens is 216 g/mol. The third-order valence-electron chi connectivity index (χ3n) is 2.53. The van der Waals surface area contributed by atoms with Gasteiger partial charge in [0.15, 0.2) is 0 Å². The van der Waals surface area contributed by atoms with Crippen molar-refractivity contribution in [3.05, 3.63) is 48.0 Å². The highest BCUT2D eigenvalue weighted by atomic mass is 32.1. The highest BCUT2D eigenvalue weighted by molar-refractivity contribution is 7.80. The van der Waals surface area contributed by atoms with Crippen molar-refractivity contribution in [2.75, 3.05) is 5.75 Å². The van der Waals surface area contributed by atoms with E-state index < -0.39 is 0 Å². The number of aromatic hydroxyl groups is 1. The number of hydrogen-bond acceptors (Lipinski definition) is 2. The van der Waals surface area contributed by atoms with E-state index in [9.17, 15) is 5.11 Å². The lowest BCUT2D eigenvalue weighted by molar-refractivity contribution is 0.481. The predicted octanol–water partition coefficient (Wildman–Crippen LogP) is 3.88. The summed E-state index contributed by atoms with van der Waals surface area (Å²) in [5, 5.41) is 11.7. The van der Waals surface area contributed by atoms with Gasteiger partial charge < -0.3 is 5.11 Å². The largest absolute Gasteiger partial charge is 0.507 e. The second-order valence-electron chi connectivity index (χ2n) is 3.63. The number of rotatable bonds is 3. The van der Waals surface area contributed by atoms with E-state index >= 15 is 0 Å². The molecule has 0 unspecified atom stereocenters. The molecule has 0 atom stereocenters. The van der Waals surface area contributed by atoms with E-state index in [0.717, 1.165) is 28.5 Å². The number of hydrogen-bond donors (Lipinski definition) is 2. The standard InChI is InChI=1S/C14H14OS/c15-14-9-8-11(5-3-4-10-16)12-6-1-2-7-13(12)14/h1-3,5-9,15-16H,4,10H2. The van der Waals surface area contributed by atoms with Crippen LogP contribution in [0.1, 0.15) is 12.0 Å². The lowest BCUT2D eigenvalue weighted by Gasteiger charge is -2.04. The van der Waals surface area contributed by atoms with Gasteiger partial charge in [-0.2, -0.15) is 12.6 Å². The van der Waals surface area contributed by atoms with Crippen molar-refractivity contribution < 1.29 is 5.11 Å². The molecule has 0 aliphatic rings. The third-order valence-corrected chi connectivity index (χ3v) is 2.79. The van der Waals surface area contributed by atoms with Gasteiger partial charge >= 0.3 is 0 Å². The fraction of sp³-hybridized carbons (Fsp3) is 0.143. The number of phenolic OH excluding ortho intramolecular Hbond substituents is 1. The zero-order valence-electron chi connectivity index (χ0n) is 8.93. The van der Waals surface area contributed by atoms with Gasteiger partial charge in [-0.3, -0.25) is 0 Å². The van der Waals surface area contributed by atoms with E-state index in [1.807, 2.05) is 30.3 Å². The molecule has 0 fully saturated rings. The molecule has 2 aromatic carbocycles. The predicted molar refractivity (Wildman–Crippen MR) is 73.1 cm³/mol. The second-order valence-corrected chi connectivity index (χ2v) is 4.08. The zero-order chi connectivity index (χ0) is 11.4. The Kier molecular flexibility index (Phi) is 3.52. The van der Waals surface area contributed by atoms with E-state index in [4.69, 9.17) is 0 Å². The summed E-state index contributed by atoms with van der Waals surface area (Å²) in [6.45, 7) is 0. The van der Waals surface area contributed by atoms with Gasteiger partial charge in [0, 0.05) is 5.39 Å². The summed E-state index contributed by atoms with van der Waals surface area (Å²) in [6, 6.07) is 11.5. The SMILES string of the molecule is Oc1ccc(C=CCCS)c2ccccc12. The first-order valence-corrected chi connectivity index (χ1v) is 5.94. The van der Waals surface area contributed by atoms with Gasteiger partial charge in [0.25, 0.3) is 0 Å². The van der Waals surface area contributed by atoms with Crippen LogP contribution < -0.4 is 0 Å². The van der Waals surface area contributed by atoms with Gasteiger partial charge in [0.1, 0.15) is 5.75 Å². The van der Waals surface area contributed by atoms with Gasteiger partial charge in [0.05, 0.1) is 0 Å². The van der Waals surface area contributed by atoms with Crippen molar-refractivity contribution in [1.82, 2.24) is 0 Å². The van der Waals surface area contributed by atoms with E-state index in [1.54, 1.807) is 6.07 Å². The Bertz CT molecular complexity index is 517. The van der Waals surface area contributed by atoms with Crippen LogP contribution in [0.2, 0.25) is 0 Å². The topological polar surface area (TPSA) is 20.2 Å². The van der Waals surface area contributed by atoms with Gasteiger partial charge in [0.2, 0.25) is 0 Å². The molecule has 0 radical (unpaired) electrons. The van der Waals surface area contributed by atoms with Crippen LogP contribution in [0.15, 0.2) is 42.5 Å². The van der Waals surface area contributed by atoms with Crippen LogP contribution in [-0.2, 0) is 0 Å². The minimum atomic E-state index is 0.335. The molecule has 1 nitrogen and oxygen atoms in total. The van der Waals surface area contributed by atoms with Crippen LogP contribution in [-0.4, -0.2) is 10.9 Å². The smallest absolute Gasteiger partial charge is 0.123 e. The molecule has 2 rings (SSSR count). The Morgan fingerprint density at radius 1 is 1.06 bits per heavy atom. The molecule has 2 aromatic rings. The average molecular weight is 230 g/mol. The van der Waals surface area contributed by atoms with Crippen LogP contribution >= 0.6 is 12.6 Å². The van der Waals surface area contributed by atoms with E-state index in [0.29, 0.717) is 5.75 Å². The summed E-state index contributed by atoms with van der Waals surface area (Å²) >= 11 is 4.17. The lowest BCUT2D eigenvalue weighted by Crippen LogP contribution is -1.79. The number of benzene rings is 2. The highest BCUT2D eigenvalue weighted by Gasteiger charge is 2.01. The number of allylic oxidation sites excluding steroid dienone is 1. The maximum atomic E-state index is 9.73. The number of thiol groups is 1. The Labute approximate surface area is 101 Å². The summed E-state index contributed by atoms with van der Waals surface area (Å²) in [4.78, 5) is 0. The molecule has 0 saturated carbocycles. The molecule has 16 heavy (non-hydrogen) atoms. The fourth-order valence-corrected chi connectivity index (χ4v) is 1.89. The first-order chi connectivity index (χ1) is 7.83. The minimum absolute atomic E-state index is 0.335. The summed E-state index contributed by atoms with van der Waals surface area (Å²) < 4.78 is 0. The first kappa shape index (κ1) is 11.1. The van der Waals surface area contributed by atoms with E-state index in [1.165, 1.54) is 0 Å².